The second-order valence-corrected chi connectivity index (χ2v) is 5.19. The first-order valence-electron chi connectivity index (χ1n) is 6.46. The van der Waals surface area contributed by atoms with E-state index in [1.54, 1.807) is 0 Å². The van der Waals surface area contributed by atoms with Gasteiger partial charge in [-0.2, -0.15) is 5.10 Å². The average molecular weight is 251 g/mol. The molecule has 0 saturated carbocycles. The van der Waals surface area contributed by atoms with Crippen LogP contribution < -0.4 is 0 Å². The van der Waals surface area contributed by atoms with E-state index >= 15 is 0 Å². The van der Waals surface area contributed by atoms with Crippen LogP contribution in [0.3, 0.4) is 0 Å². The maximum Gasteiger partial charge on any atom is 0.307 e. The molecule has 1 N–H and O–H groups in total. The molecule has 1 aromatic rings. The van der Waals surface area contributed by atoms with Gasteiger partial charge in [-0.15, -0.1) is 0 Å². The predicted molar refractivity (Wildman–Crippen MR) is 68.3 cm³/mol. The van der Waals surface area contributed by atoms with Crippen molar-refractivity contribution in [3.05, 3.63) is 17.5 Å². The number of carboxylic acids is 1. The second-order valence-electron chi connectivity index (χ2n) is 5.19. The van der Waals surface area contributed by atoms with Crippen molar-refractivity contribution in [1.82, 2.24) is 14.7 Å². The lowest BCUT2D eigenvalue weighted by Crippen LogP contribution is -2.40. The number of hydrogen-bond acceptors (Lipinski definition) is 3. The van der Waals surface area contributed by atoms with Crippen molar-refractivity contribution in [3.63, 3.8) is 0 Å². The monoisotopic (exact) mass is 251 g/mol. The van der Waals surface area contributed by atoms with Gasteiger partial charge in [0.2, 0.25) is 0 Å². The van der Waals surface area contributed by atoms with Gasteiger partial charge in [0, 0.05) is 31.4 Å². The fourth-order valence-electron chi connectivity index (χ4n) is 2.78. The topological polar surface area (TPSA) is 58.4 Å². The Morgan fingerprint density at radius 2 is 2.33 bits per heavy atom. The average Bonchev–Trinajstić information content (AvgIpc) is 2.67. The Morgan fingerprint density at radius 1 is 1.61 bits per heavy atom. The number of aryl methyl sites for hydroxylation is 2. The van der Waals surface area contributed by atoms with Gasteiger partial charge in [0.05, 0.1) is 11.6 Å². The number of piperidine rings is 1. The molecule has 18 heavy (non-hydrogen) atoms. The van der Waals surface area contributed by atoms with Gasteiger partial charge >= 0.3 is 5.97 Å². The molecule has 1 saturated heterocycles. The largest absolute Gasteiger partial charge is 0.481 e. The van der Waals surface area contributed by atoms with Crippen molar-refractivity contribution in [2.24, 2.45) is 13.0 Å². The molecule has 1 aliphatic rings. The molecule has 100 valence electrons. The molecule has 5 nitrogen and oxygen atoms in total. The molecule has 0 bridgehead atoms. The first kappa shape index (κ1) is 13.1. The fourth-order valence-corrected chi connectivity index (χ4v) is 2.78. The minimum Gasteiger partial charge on any atom is -0.481 e. The summed E-state index contributed by atoms with van der Waals surface area (Å²) in [5, 5.41) is 13.5. The highest BCUT2D eigenvalue weighted by Crippen LogP contribution is 2.27. The summed E-state index contributed by atoms with van der Waals surface area (Å²) in [7, 11) is 1.92. The number of likely N-dealkylation sites (tertiary alicyclic amines) is 1. The summed E-state index contributed by atoms with van der Waals surface area (Å²) < 4.78 is 1.82. The summed E-state index contributed by atoms with van der Waals surface area (Å²) in [5.41, 5.74) is 2.23. The summed E-state index contributed by atoms with van der Waals surface area (Å²) >= 11 is 0. The molecule has 2 heterocycles. The molecule has 0 spiro atoms. The Bertz CT molecular complexity index is 441. The third kappa shape index (κ3) is 2.56. The van der Waals surface area contributed by atoms with E-state index in [0.29, 0.717) is 6.54 Å². The minimum atomic E-state index is -0.671. The Hall–Kier alpha value is -1.36. The van der Waals surface area contributed by atoms with E-state index in [2.05, 4.69) is 16.9 Å². The summed E-state index contributed by atoms with van der Waals surface area (Å²) in [5.74, 6) is -0.895. The van der Waals surface area contributed by atoms with Gasteiger partial charge in [0.15, 0.2) is 0 Å². The lowest BCUT2D eigenvalue weighted by Gasteiger charge is -2.35. The molecule has 1 aliphatic heterocycles. The summed E-state index contributed by atoms with van der Waals surface area (Å²) in [6, 6.07) is 0.237. The van der Waals surface area contributed by atoms with Crippen molar-refractivity contribution in [2.45, 2.75) is 32.7 Å². The zero-order valence-corrected chi connectivity index (χ0v) is 11.3. The van der Waals surface area contributed by atoms with Crippen LogP contribution in [0.4, 0.5) is 0 Å². The fraction of sp³-hybridized carbons (Fsp3) is 0.692. The van der Waals surface area contributed by atoms with Gasteiger partial charge in [0.25, 0.3) is 0 Å². The standard InChI is InChI=1S/C13H21N3O2/c1-9-12(8-15(3)14-9)10(2)16-6-4-5-11(7-16)13(17)18/h8,10-11H,4-7H2,1-3H3,(H,17,18). The van der Waals surface area contributed by atoms with Crippen molar-refractivity contribution < 1.29 is 9.90 Å². The minimum absolute atomic E-state index is 0.224. The Kier molecular flexibility index (Phi) is 3.71. The van der Waals surface area contributed by atoms with E-state index in [1.807, 2.05) is 24.9 Å². The van der Waals surface area contributed by atoms with Gasteiger partial charge in [-0.1, -0.05) is 0 Å². The van der Waals surface area contributed by atoms with Crippen LogP contribution in [0.5, 0.6) is 0 Å². The van der Waals surface area contributed by atoms with Gasteiger partial charge < -0.3 is 5.11 Å². The highest BCUT2D eigenvalue weighted by molar-refractivity contribution is 5.70. The quantitative estimate of drug-likeness (QED) is 0.886. The van der Waals surface area contributed by atoms with Crippen molar-refractivity contribution >= 4 is 5.97 Å². The van der Waals surface area contributed by atoms with Crippen molar-refractivity contribution in [3.8, 4) is 0 Å². The molecule has 2 rings (SSSR count). The predicted octanol–water partition coefficient (Wildman–Crippen LogP) is 1.59. The third-order valence-electron chi connectivity index (χ3n) is 3.85. The zero-order valence-electron chi connectivity index (χ0n) is 11.3. The number of carbonyl (C=O) groups is 1. The van der Waals surface area contributed by atoms with Crippen LogP contribution in [0.25, 0.3) is 0 Å². The maximum atomic E-state index is 11.1. The van der Waals surface area contributed by atoms with E-state index in [-0.39, 0.29) is 12.0 Å². The Balaban J connectivity index is 2.11. The molecular formula is C13H21N3O2. The molecule has 0 radical (unpaired) electrons. The van der Waals surface area contributed by atoms with Gasteiger partial charge in [0.1, 0.15) is 0 Å². The molecular weight excluding hydrogens is 230 g/mol. The molecule has 0 amide bonds. The maximum absolute atomic E-state index is 11.1. The van der Waals surface area contributed by atoms with Crippen LogP contribution >= 0.6 is 0 Å². The SMILES string of the molecule is Cc1nn(C)cc1C(C)N1CCCC(C(=O)O)C1. The van der Waals surface area contributed by atoms with Crippen LogP contribution in [0.15, 0.2) is 6.20 Å². The molecule has 0 aliphatic carbocycles. The van der Waals surface area contributed by atoms with Crippen LogP contribution in [-0.2, 0) is 11.8 Å². The number of hydrogen-bond donors (Lipinski definition) is 1. The van der Waals surface area contributed by atoms with E-state index in [0.717, 1.165) is 25.1 Å². The number of aliphatic carboxylic acids is 1. The van der Waals surface area contributed by atoms with Crippen molar-refractivity contribution in [1.29, 1.82) is 0 Å². The molecule has 5 heteroatoms. The highest BCUT2D eigenvalue weighted by atomic mass is 16.4. The van der Waals surface area contributed by atoms with E-state index in [4.69, 9.17) is 5.11 Å². The molecule has 2 unspecified atom stereocenters. The first-order chi connectivity index (χ1) is 8.49. The van der Waals surface area contributed by atoms with Crippen LogP contribution in [0, 0.1) is 12.8 Å². The Morgan fingerprint density at radius 3 is 2.89 bits per heavy atom. The molecule has 0 aromatic carbocycles. The summed E-state index contributed by atoms with van der Waals surface area (Å²) in [4.78, 5) is 13.3. The second kappa shape index (κ2) is 5.10. The molecule has 1 aromatic heterocycles. The van der Waals surface area contributed by atoms with Crippen molar-refractivity contribution in [2.75, 3.05) is 13.1 Å². The number of carboxylic acid groups (broad SMARTS) is 1. The molecule has 1 fully saturated rings. The van der Waals surface area contributed by atoms with Crippen LogP contribution in [-0.4, -0.2) is 38.8 Å². The number of nitrogens with zero attached hydrogens (tertiary/aromatic N) is 3. The van der Waals surface area contributed by atoms with E-state index < -0.39 is 5.97 Å². The number of aromatic nitrogens is 2. The lowest BCUT2D eigenvalue weighted by molar-refractivity contribution is -0.143. The highest BCUT2D eigenvalue weighted by Gasteiger charge is 2.29. The van der Waals surface area contributed by atoms with Gasteiger partial charge in [-0.05, 0) is 33.2 Å². The van der Waals surface area contributed by atoms with E-state index in [1.165, 1.54) is 5.56 Å². The first-order valence-corrected chi connectivity index (χ1v) is 6.46. The van der Waals surface area contributed by atoms with Gasteiger partial charge in [-0.3, -0.25) is 14.4 Å². The normalized spacial score (nSPS) is 22.9. The third-order valence-corrected chi connectivity index (χ3v) is 3.85. The summed E-state index contributed by atoms with van der Waals surface area (Å²) in [6.07, 6.45) is 3.79. The van der Waals surface area contributed by atoms with Crippen LogP contribution in [0.2, 0.25) is 0 Å². The smallest absolute Gasteiger partial charge is 0.307 e. The molecule has 2 atom stereocenters. The van der Waals surface area contributed by atoms with Crippen LogP contribution in [0.1, 0.15) is 37.1 Å². The van der Waals surface area contributed by atoms with E-state index in [9.17, 15) is 4.79 Å². The lowest BCUT2D eigenvalue weighted by atomic mass is 9.95. The number of rotatable bonds is 3. The summed E-state index contributed by atoms with van der Waals surface area (Å²) in [6.45, 7) is 5.75. The van der Waals surface area contributed by atoms with Gasteiger partial charge in [-0.25, -0.2) is 0 Å². The zero-order chi connectivity index (χ0) is 13.3. The Labute approximate surface area is 107 Å².